The lowest BCUT2D eigenvalue weighted by Crippen LogP contribution is -2.49. The first-order chi connectivity index (χ1) is 8.12. The fourth-order valence-electron chi connectivity index (χ4n) is 1.52. The fourth-order valence-corrected chi connectivity index (χ4v) is 1.52. The molecule has 1 N–H and O–H groups in total. The number of hydrogen-bond acceptors (Lipinski definition) is 3. The zero-order chi connectivity index (χ0) is 12.7. The molecule has 0 aromatic heterocycles. The Morgan fingerprint density at radius 3 is 2.47 bits per heavy atom. The highest BCUT2D eigenvalue weighted by atomic mass is 16.5. The van der Waals surface area contributed by atoms with Gasteiger partial charge >= 0.3 is 5.97 Å². The van der Waals surface area contributed by atoms with Crippen LogP contribution in [0.25, 0.3) is 0 Å². The van der Waals surface area contributed by atoms with Gasteiger partial charge in [0.15, 0.2) is 0 Å². The minimum atomic E-state index is -0.605. The van der Waals surface area contributed by atoms with Gasteiger partial charge < -0.3 is 4.74 Å². The second kappa shape index (κ2) is 6.40. The van der Waals surface area contributed by atoms with Crippen LogP contribution in [0.5, 0.6) is 0 Å². The Bertz CT molecular complexity index is 350. The molecule has 0 fully saturated rings. The minimum absolute atomic E-state index is 0.182. The van der Waals surface area contributed by atoms with Crippen molar-refractivity contribution in [2.45, 2.75) is 39.3 Å². The Hall–Kier alpha value is -1.35. The summed E-state index contributed by atoms with van der Waals surface area (Å²) in [6.07, 6.45) is 0.707. The van der Waals surface area contributed by atoms with Gasteiger partial charge in [-0.15, -0.1) is 0 Å². The number of carbonyl (C=O) groups excluding carboxylic acids is 1. The van der Waals surface area contributed by atoms with Crippen LogP contribution in [-0.4, -0.2) is 18.1 Å². The van der Waals surface area contributed by atoms with E-state index in [1.165, 1.54) is 0 Å². The van der Waals surface area contributed by atoms with Gasteiger partial charge in [-0.2, -0.15) is 0 Å². The molecule has 0 saturated carbocycles. The number of ether oxygens (including phenoxy) is 1. The van der Waals surface area contributed by atoms with E-state index in [1.54, 1.807) is 0 Å². The standard InChI is InChI=1S/C14H21NO2/c1-4-14(3,13(16)17-5-2)15-11-12-9-7-6-8-10-12/h6-10,15H,4-5,11H2,1-3H3. The SMILES string of the molecule is CCOC(=O)C(C)(CC)NCc1ccccc1. The van der Waals surface area contributed by atoms with E-state index in [0.717, 1.165) is 5.56 Å². The lowest BCUT2D eigenvalue weighted by atomic mass is 9.98. The average Bonchev–Trinajstić information content (AvgIpc) is 2.37. The first kappa shape index (κ1) is 13.7. The van der Waals surface area contributed by atoms with Crippen molar-refractivity contribution >= 4 is 5.97 Å². The van der Waals surface area contributed by atoms with Crippen LogP contribution < -0.4 is 5.32 Å². The maximum Gasteiger partial charge on any atom is 0.326 e. The normalized spacial score (nSPS) is 14.1. The van der Waals surface area contributed by atoms with E-state index in [9.17, 15) is 4.79 Å². The second-order valence-corrected chi connectivity index (χ2v) is 4.25. The van der Waals surface area contributed by atoms with Crippen molar-refractivity contribution in [1.29, 1.82) is 0 Å². The number of benzene rings is 1. The van der Waals surface area contributed by atoms with Crippen molar-refractivity contribution in [2.75, 3.05) is 6.61 Å². The smallest absolute Gasteiger partial charge is 0.326 e. The van der Waals surface area contributed by atoms with Crippen LogP contribution in [0.1, 0.15) is 32.8 Å². The molecule has 0 saturated heterocycles. The molecule has 1 aromatic carbocycles. The van der Waals surface area contributed by atoms with Gasteiger partial charge in [-0.1, -0.05) is 37.3 Å². The van der Waals surface area contributed by atoms with E-state index < -0.39 is 5.54 Å². The van der Waals surface area contributed by atoms with Crippen molar-refractivity contribution in [3.05, 3.63) is 35.9 Å². The molecule has 3 nitrogen and oxygen atoms in total. The topological polar surface area (TPSA) is 38.3 Å². The van der Waals surface area contributed by atoms with E-state index in [2.05, 4.69) is 5.32 Å². The largest absolute Gasteiger partial charge is 0.465 e. The summed E-state index contributed by atoms with van der Waals surface area (Å²) in [5, 5.41) is 3.27. The van der Waals surface area contributed by atoms with Crippen LogP contribution in [0, 0.1) is 0 Å². The summed E-state index contributed by atoms with van der Waals surface area (Å²) in [5.41, 5.74) is 0.558. The molecule has 0 aliphatic rings. The molecule has 0 spiro atoms. The third-order valence-electron chi connectivity index (χ3n) is 2.96. The molecule has 17 heavy (non-hydrogen) atoms. The Balaban J connectivity index is 2.60. The summed E-state index contributed by atoms with van der Waals surface area (Å²) in [6, 6.07) is 10.0. The van der Waals surface area contributed by atoms with Gasteiger partial charge in [0.1, 0.15) is 5.54 Å². The summed E-state index contributed by atoms with van der Waals surface area (Å²) in [5.74, 6) is -0.182. The van der Waals surface area contributed by atoms with E-state index in [4.69, 9.17) is 4.74 Å². The number of esters is 1. The zero-order valence-corrected chi connectivity index (χ0v) is 10.8. The first-order valence-corrected chi connectivity index (χ1v) is 6.08. The Labute approximate surface area is 103 Å². The number of hydrogen-bond donors (Lipinski definition) is 1. The predicted molar refractivity (Wildman–Crippen MR) is 68.6 cm³/mol. The average molecular weight is 235 g/mol. The molecule has 1 aromatic rings. The third kappa shape index (κ3) is 3.86. The maximum absolute atomic E-state index is 11.8. The molecule has 0 amide bonds. The lowest BCUT2D eigenvalue weighted by Gasteiger charge is -2.27. The van der Waals surface area contributed by atoms with Crippen molar-refractivity contribution in [1.82, 2.24) is 5.32 Å². The quantitative estimate of drug-likeness (QED) is 0.770. The highest BCUT2D eigenvalue weighted by molar-refractivity contribution is 5.80. The van der Waals surface area contributed by atoms with Crippen LogP contribution >= 0.6 is 0 Å². The van der Waals surface area contributed by atoms with E-state index in [0.29, 0.717) is 19.6 Å². The summed E-state index contributed by atoms with van der Waals surface area (Å²) < 4.78 is 5.08. The summed E-state index contributed by atoms with van der Waals surface area (Å²) in [4.78, 5) is 11.8. The maximum atomic E-state index is 11.8. The van der Waals surface area contributed by atoms with Crippen LogP contribution in [0.15, 0.2) is 30.3 Å². The number of nitrogens with one attached hydrogen (secondary N) is 1. The van der Waals surface area contributed by atoms with E-state index in [-0.39, 0.29) is 5.97 Å². The molecule has 0 radical (unpaired) electrons. The number of carbonyl (C=O) groups is 1. The summed E-state index contributed by atoms with van der Waals surface area (Å²) in [6.45, 7) is 6.78. The minimum Gasteiger partial charge on any atom is -0.465 e. The molecule has 1 unspecified atom stereocenters. The molecule has 0 aliphatic heterocycles. The van der Waals surface area contributed by atoms with Crippen LogP contribution in [0.4, 0.5) is 0 Å². The van der Waals surface area contributed by atoms with Crippen LogP contribution in [0.2, 0.25) is 0 Å². The van der Waals surface area contributed by atoms with Crippen LogP contribution in [-0.2, 0) is 16.1 Å². The van der Waals surface area contributed by atoms with Gasteiger partial charge in [0.2, 0.25) is 0 Å². The number of rotatable bonds is 6. The second-order valence-electron chi connectivity index (χ2n) is 4.25. The first-order valence-electron chi connectivity index (χ1n) is 6.08. The lowest BCUT2D eigenvalue weighted by molar-refractivity contribution is -0.150. The Kier molecular flexibility index (Phi) is 5.16. The Morgan fingerprint density at radius 1 is 1.29 bits per heavy atom. The van der Waals surface area contributed by atoms with Gasteiger partial charge in [-0.3, -0.25) is 10.1 Å². The fraction of sp³-hybridized carbons (Fsp3) is 0.500. The van der Waals surface area contributed by atoms with Crippen molar-refractivity contribution in [3.8, 4) is 0 Å². The van der Waals surface area contributed by atoms with Crippen molar-refractivity contribution in [2.24, 2.45) is 0 Å². The van der Waals surface area contributed by atoms with E-state index in [1.807, 2.05) is 51.1 Å². The molecule has 3 heteroatoms. The molecule has 1 atom stereocenters. The molecule has 0 heterocycles. The van der Waals surface area contributed by atoms with Gasteiger partial charge in [0.05, 0.1) is 6.61 Å². The Morgan fingerprint density at radius 2 is 1.94 bits per heavy atom. The van der Waals surface area contributed by atoms with Gasteiger partial charge in [-0.05, 0) is 25.8 Å². The molecular weight excluding hydrogens is 214 g/mol. The molecule has 0 aliphatic carbocycles. The third-order valence-corrected chi connectivity index (χ3v) is 2.96. The highest BCUT2D eigenvalue weighted by Crippen LogP contribution is 2.13. The summed E-state index contributed by atoms with van der Waals surface area (Å²) in [7, 11) is 0. The molecule has 94 valence electrons. The van der Waals surface area contributed by atoms with Gasteiger partial charge in [0.25, 0.3) is 0 Å². The van der Waals surface area contributed by atoms with Crippen molar-refractivity contribution < 1.29 is 9.53 Å². The van der Waals surface area contributed by atoms with Crippen molar-refractivity contribution in [3.63, 3.8) is 0 Å². The molecule has 0 bridgehead atoms. The molecular formula is C14H21NO2. The highest BCUT2D eigenvalue weighted by Gasteiger charge is 2.31. The summed E-state index contributed by atoms with van der Waals surface area (Å²) >= 11 is 0. The van der Waals surface area contributed by atoms with Gasteiger partial charge in [-0.25, -0.2) is 0 Å². The zero-order valence-electron chi connectivity index (χ0n) is 10.8. The van der Waals surface area contributed by atoms with Crippen LogP contribution in [0.3, 0.4) is 0 Å². The van der Waals surface area contributed by atoms with E-state index >= 15 is 0 Å². The van der Waals surface area contributed by atoms with Gasteiger partial charge in [0, 0.05) is 6.54 Å². The predicted octanol–water partition coefficient (Wildman–Crippen LogP) is 2.51. The monoisotopic (exact) mass is 235 g/mol. The molecule has 1 rings (SSSR count).